The van der Waals surface area contributed by atoms with Crippen LogP contribution in [0.1, 0.15) is 37.5 Å². The van der Waals surface area contributed by atoms with Crippen LogP contribution in [0.3, 0.4) is 0 Å². The van der Waals surface area contributed by atoms with Crippen molar-refractivity contribution in [2.24, 2.45) is 0 Å². The van der Waals surface area contributed by atoms with Crippen LogP contribution in [-0.2, 0) is 6.61 Å². The Labute approximate surface area is 148 Å². The van der Waals surface area contributed by atoms with Gasteiger partial charge in [-0.1, -0.05) is 6.08 Å². The van der Waals surface area contributed by atoms with Gasteiger partial charge < -0.3 is 15.2 Å². The highest BCUT2D eigenvalue weighted by Gasteiger charge is 2.27. The maximum Gasteiger partial charge on any atom is 0.129 e. The molecule has 0 saturated carbocycles. The van der Waals surface area contributed by atoms with Crippen molar-refractivity contribution in [1.82, 2.24) is 0 Å². The van der Waals surface area contributed by atoms with E-state index in [9.17, 15) is 9.50 Å². The first-order valence-electron chi connectivity index (χ1n) is 8.36. The number of aliphatic hydroxyl groups excluding tert-OH is 1. The molecule has 2 aromatic carbocycles. The Bertz CT molecular complexity index is 869. The summed E-state index contributed by atoms with van der Waals surface area (Å²) in [5.41, 5.74) is 6.50. The standard InChI is InChI=1S/C21H24FNO2/c1-12-8-17-20(13(2)10-21(3,4)23-17)16(11-24)19(12)15-7-6-14(22)9-18(15)25-5/h6-10,23-24H,11H2,1-5H3. The molecule has 2 aromatic rings. The zero-order valence-electron chi connectivity index (χ0n) is 15.3. The number of anilines is 1. The molecule has 0 amide bonds. The minimum atomic E-state index is -0.346. The first-order valence-corrected chi connectivity index (χ1v) is 8.36. The van der Waals surface area contributed by atoms with Crippen LogP contribution in [0.4, 0.5) is 10.1 Å². The van der Waals surface area contributed by atoms with Crippen molar-refractivity contribution in [2.75, 3.05) is 12.4 Å². The largest absolute Gasteiger partial charge is 0.496 e. The minimum Gasteiger partial charge on any atom is -0.496 e. The highest BCUT2D eigenvalue weighted by molar-refractivity contribution is 5.90. The van der Waals surface area contributed by atoms with Gasteiger partial charge in [-0.2, -0.15) is 0 Å². The average molecular weight is 341 g/mol. The third-order valence-electron chi connectivity index (χ3n) is 4.65. The number of benzene rings is 2. The van der Waals surface area contributed by atoms with Gasteiger partial charge in [0.1, 0.15) is 11.6 Å². The predicted molar refractivity (Wildman–Crippen MR) is 100 cm³/mol. The maximum absolute atomic E-state index is 13.6. The minimum absolute atomic E-state index is 0.104. The summed E-state index contributed by atoms with van der Waals surface area (Å²) in [6.07, 6.45) is 2.16. The number of rotatable bonds is 3. The van der Waals surface area contributed by atoms with Crippen LogP contribution in [0.2, 0.25) is 0 Å². The van der Waals surface area contributed by atoms with Gasteiger partial charge in [-0.25, -0.2) is 4.39 Å². The van der Waals surface area contributed by atoms with Gasteiger partial charge in [0.25, 0.3) is 0 Å². The van der Waals surface area contributed by atoms with Gasteiger partial charge in [0.05, 0.1) is 19.3 Å². The molecule has 1 heterocycles. The van der Waals surface area contributed by atoms with E-state index in [1.807, 2.05) is 6.92 Å². The second-order valence-corrected chi connectivity index (χ2v) is 7.15. The van der Waals surface area contributed by atoms with Crippen molar-refractivity contribution < 1.29 is 14.2 Å². The van der Waals surface area contributed by atoms with E-state index in [1.54, 1.807) is 6.07 Å². The van der Waals surface area contributed by atoms with Gasteiger partial charge in [-0.15, -0.1) is 0 Å². The number of ether oxygens (including phenoxy) is 1. The molecule has 0 aliphatic carbocycles. The van der Waals surface area contributed by atoms with E-state index in [-0.39, 0.29) is 18.0 Å². The number of fused-ring (bicyclic) bond motifs is 1. The molecule has 0 atom stereocenters. The third kappa shape index (κ3) is 3.02. The van der Waals surface area contributed by atoms with E-state index in [4.69, 9.17) is 4.74 Å². The predicted octanol–water partition coefficient (Wildman–Crippen LogP) is 4.91. The highest BCUT2D eigenvalue weighted by Crippen LogP contribution is 2.44. The summed E-state index contributed by atoms with van der Waals surface area (Å²) in [4.78, 5) is 0. The van der Waals surface area contributed by atoms with Crippen LogP contribution in [0.15, 0.2) is 30.3 Å². The van der Waals surface area contributed by atoms with Gasteiger partial charge >= 0.3 is 0 Å². The molecular formula is C21H24FNO2. The second kappa shape index (κ2) is 6.19. The highest BCUT2D eigenvalue weighted by atomic mass is 19.1. The van der Waals surface area contributed by atoms with Crippen LogP contribution >= 0.6 is 0 Å². The quantitative estimate of drug-likeness (QED) is 0.833. The number of methoxy groups -OCH3 is 1. The lowest BCUT2D eigenvalue weighted by Crippen LogP contribution is -2.32. The normalized spacial score (nSPS) is 15.2. The molecule has 4 heteroatoms. The summed E-state index contributed by atoms with van der Waals surface area (Å²) in [6.45, 7) is 8.18. The van der Waals surface area contributed by atoms with E-state index < -0.39 is 0 Å². The molecule has 0 unspecified atom stereocenters. The smallest absolute Gasteiger partial charge is 0.129 e. The molecule has 132 valence electrons. The number of hydrogen-bond acceptors (Lipinski definition) is 3. The zero-order valence-corrected chi connectivity index (χ0v) is 15.3. The monoisotopic (exact) mass is 341 g/mol. The summed E-state index contributed by atoms with van der Waals surface area (Å²) >= 11 is 0. The number of hydrogen-bond donors (Lipinski definition) is 2. The molecular weight excluding hydrogens is 317 g/mol. The van der Waals surface area contributed by atoms with Crippen molar-refractivity contribution in [1.29, 1.82) is 0 Å². The Balaban J connectivity index is 2.32. The van der Waals surface area contributed by atoms with E-state index in [0.29, 0.717) is 5.75 Å². The fourth-order valence-corrected chi connectivity index (χ4v) is 3.84. The third-order valence-corrected chi connectivity index (χ3v) is 4.65. The molecule has 0 fully saturated rings. The van der Waals surface area contributed by atoms with E-state index >= 15 is 0 Å². The zero-order chi connectivity index (χ0) is 18.4. The SMILES string of the molecule is COc1cc(F)ccc1-c1c(C)cc2c(c1CO)C(C)=CC(C)(C)N2. The topological polar surface area (TPSA) is 41.5 Å². The lowest BCUT2D eigenvalue weighted by atomic mass is 9.83. The van der Waals surface area contributed by atoms with E-state index in [0.717, 1.165) is 39.1 Å². The molecule has 0 saturated heterocycles. The number of aryl methyl sites for hydroxylation is 1. The second-order valence-electron chi connectivity index (χ2n) is 7.15. The molecule has 0 bridgehead atoms. The van der Waals surface area contributed by atoms with Crippen molar-refractivity contribution in [3.63, 3.8) is 0 Å². The van der Waals surface area contributed by atoms with Crippen LogP contribution in [-0.4, -0.2) is 17.8 Å². The number of allylic oxidation sites excluding steroid dienone is 1. The molecule has 3 nitrogen and oxygen atoms in total. The molecule has 3 rings (SSSR count). The summed E-state index contributed by atoms with van der Waals surface area (Å²) in [6, 6.07) is 6.59. The van der Waals surface area contributed by atoms with Crippen molar-refractivity contribution in [3.05, 3.63) is 52.8 Å². The average Bonchev–Trinajstić information content (AvgIpc) is 2.52. The van der Waals surface area contributed by atoms with Gasteiger partial charge in [0.15, 0.2) is 0 Å². The van der Waals surface area contributed by atoms with Crippen molar-refractivity contribution >= 4 is 11.3 Å². The number of nitrogens with one attached hydrogen (secondary N) is 1. The Morgan fingerprint density at radius 2 is 1.88 bits per heavy atom. The van der Waals surface area contributed by atoms with Crippen LogP contribution in [0, 0.1) is 12.7 Å². The molecule has 1 aliphatic rings. The first-order chi connectivity index (χ1) is 11.8. The summed E-state index contributed by atoms with van der Waals surface area (Å²) in [5.74, 6) is 0.115. The van der Waals surface area contributed by atoms with Crippen LogP contribution < -0.4 is 10.1 Å². The molecule has 0 spiro atoms. The Kier molecular flexibility index (Phi) is 4.33. The van der Waals surface area contributed by atoms with Gasteiger partial charge in [0.2, 0.25) is 0 Å². The molecule has 1 aliphatic heterocycles. The Hall–Kier alpha value is -2.33. The van der Waals surface area contributed by atoms with Crippen molar-refractivity contribution in [3.8, 4) is 16.9 Å². The fourth-order valence-electron chi connectivity index (χ4n) is 3.84. The Morgan fingerprint density at radius 1 is 1.16 bits per heavy atom. The fraction of sp³-hybridized carbons (Fsp3) is 0.333. The molecule has 0 radical (unpaired) electrons. The molecule has 25 heavy (non-hydrogen) atoms. The lowest BCUT2D eigenvalue weighted by Gasteiger charge is -2.34. The maximum atomic E-state index is 13.6. The van der Waals surface area contributed by atoms with Gasteiger partial charge in [-0.05, 0) is 68.2 Å². The summed E-state index contributed by atoms with van der Waals surface area (Å²) < 4.78 is 19.0. The van der Waals surface area contributed by atoms with Crippen LogP contribution in [0.5, 0.6) is 5.75 Å². The van der Waals surface area contributed by atoms with Gasteiger partial charge in [0, 0.05) is 22.9 Å². The number of halogens is 1. The number of aliphatic hydroxyl groups is 1. The van der Waals surface area contributed by atoms with E-state index in [1.165, 1.54) is 19.2 Å². The van der Waals surface area contributed by atoms with Crippen molar-refractivity contribution in [2.45, 2.75) is 39.8 Å². The van der Waals surface area contributed by atoms with Gasteiger partial charge in [-0.3, -0.25) is 0 Å². The van der Waals surface area contributed by atoms with Crippen LogP contribution in [0.25, 0.3) is 16.7 Å². The summed E-state index contributed by atoms with van der Waals surface area (Å²) in [7, 11) is 1.53. The lowest BCUT2D eigenvalue weighted by molar-refractivity contribution is 0.282. The summed E-state index contributed by atoms with van der Waals surface area (Å²) in [5, 5.41) is 13.7. The Morgan fingerprint density at radius 3 is 2.52 bits per heavy atom. The van der Waals surface area contributed by atoms with E-state index in [2.05, 4.69) is 38.2 Å². The molecule has 2 N–H and O–H groups in total. The molecule has 0 aromatic heterocycles. The first kappa shape index (κ1) is 17.5.